The molecule has 0 radical (unpaired) electrons. The normalized spacial score (nSPS) is 20.2. The highest BCUT2D eigenvalue weighted by Gasteiger charge is 2.47. The van der Waals surface area contributed by atoms with E-state index in [1.165, 1.54) is 6.07 Å². The standard InChI is InChI=1S/C25H23F5IN5O3S/c1-13-7-21(36(14(13)2)40(38,39)18-5-3-17(26)4-6-18)23(37)33-9-15-8-20(32-12-19(15)22(27)28)16-10-34-24(35-11-16)25(29,30)31/h3-6,8,10-14,21-22H,7,9H2,1-2H3,(H,33,37)/t13-,14+,21+/m1/s1. The van der Waals surface area contributed by atoms with Gasteiger partial charge in [0.2, 0.25) is 21.8 Å². The van der Waals surface area contributed by atoms with E-state index in [1.54, 1.807) is 13.8 Å². The number of alkyl halides is 5. The Labute approximate surface area is 240 Å². The van der Waals surface area contributed by atoms with Crippen molar-refractivity contribution in [3.05, 3.63) is 71.7 Å². The molecule has 0 unspecified atom stereocenters. The van der Waals surface area contributed by atoms with Gasteiger partial charge in [0.15, 0.2) is 0 Å². The van der Waals surface area contributed by atoms with Crippen LogP contribution in [0.1, 0.15) is 43.6 Å². The van der Waals surface area contributed by atoms with Crippen molar-refractivity contribution < 1.29 is 35.2 Å². The average molecular weight is 695 g/mol. The Morgan fingerprint density at radius 3 is 2.33 bits per heavy atom. The van der Waals surface area contributed by atoms with Crippen LogP contribution in [0.25, 0.3) is 11.3 Å². The second-order valence-corrected chi connectivity index (χ2v) is 12.5. The predicted octanol–water partition coefficient (Wildman–Crippen LogP) is 5.20. The molecular weight excluding hydrogens is 672 g/mol. The Bertz CT molecular complexity index is 1490. The number of nitrogens with zero attached hydrogens (tertiary/aromatic N) is 4. The molecule has 0 aliphatic carbocycles. The van der Waals surface area contributed by atoms with Gasteiger partial charge in [-0.1, -0.05) is 6.92 Å². The molecule has 8 nitrogen and oxygen atoms in total. The van der Waals surface area contributed by atoms with Crippen molar-refractivity contribution in [2.45, 2.75) is 54.1 Å². The number of nitrogens with one attached hydrogen (secondary N) is 1. The van der Waals surface area contributed by atoms with Crippen molar-refractivity contribution in [2.75, 3.05) is 0 Å². The molecule has 1 aliphatic rings. The third-order valence-corrected chi connectivity index (χ3v) is 9.23. The van der Waals surface area contributed by atoms with E-state index in [0.717, 1.165) is 69.8 Å². The number of aromatic nitrogens is 3. The summed E-state index contributed by atoms with van der Waals surface area (Å²) in [5, 5.41) is 2.55. The number of sulfonamides is 1. The monoisotopic (exact) mass is 695 g/mol. The van der Waals surface area contributed by atoms with E-state index in [0.29, 0.717) is 0 Å². The summed E-state index contributed by atoms with van der Waals surface area (Å²) in [4.78, 5) is 24.2. The van der Waals surface area contributed by atoms with Crippen LogP contribution < -0.4 is 5.32 Å². The molecule has 15 heteroatoms. The van der Waals surface area contributed by atoms with Crippen molar-refractivity contribution in [2.24, 2.45) is 5.92 Å². The Balaban J connectivity index is 1.58. The first-order valence-corrected chi connectivity index (χ1v) is 14.5. The van der Waals surface area contributed by atoms with E-state index in [-0.39, 0.29) is 40.6 Å². The van der Waals surface area contributed by atoms with E-state index in [2.05, 4.69) is 20.3 Å². The molecule has 1 aliphatic heterocycles. The number of carbonyl (C=O) groups is 1. The molecule has 1 saturated heterocycles. The predicted molar refractivity (Wildman–Crippen MR) is 142 cm³/mol. The quantitative estimate of drug-likeness (QED) is 0.197. The van der Waals surface area contributed by atoms with Crippen LogP contribution in [0.5, 0.6) is 0 Å². The summed E-state index contributed by atoms with van der Waals surface area (Å²) in [6.45, 7) is 3.06. The molecule has 2 aromatic heterocycles. The molecule has 1 amide bonds. The van der Waals surface area contributed by atoms with E-state index < -0.39 is 55.6 Å². The van der Waals surface area contributed by atoms with Crippen molar-refractivity contribution >= 4 is 38.5 Å². The summed E-state index contributed by atoms with van der Waals surface area (Å²) >= 11 is 0.878. The summed E-state index contributed by atoms with van der Waals surface area (Å²) in [6.07, 6.45) is 0.323. The minimum absolute atomic E-state index is 0.0105. The number of hydrogen-bond donors (Lipinski definition) is 1. The molecule has 0 spiro atoms. The number of benzene rings is 1. The van der Waals surface area contributed by atoms with Gasteiger partial charge in [-0.2, -0.15) is 13.1 Å². The fourth-order valence-electron chi connectivity index (χ4n) is 4.45. The Morgan fingerprint density at radius 1 is 1.12 bits per heavy atom. The van der Waals surface area contributed by atoms with Crippen molar-refractivity contribution in [1.29, 1.82) is 0 Å². The lowest BCUT2D eigenvalue weighted by molar-refractivity contribution is -0.124. The van der Waals surface area contributed by atoms with Gasteiger partial charge in [0.25, 0.3) is 6.43 Å². The van der Waals surface area contributed by atoms with Crippen LogP contribution in [0.2, 0.25) is 0 Å². The van der Waals surface area contributed by atoms with E-state index in [4.69, 9.17) is 0 Å². The minimum atomic E-state index is -4.19. The summed E-state index contributed by atoms with van der Waals surface area (Å²) in [5.74, 6) is -2.24. The lowest BCUT2D eigenvalue weighted by atomic mass is 10.0. The molecule has 1 fully saturated rings. The Hall–Kier alpha value is -2.79. The van der Waals surface area contributed by atoms with Gasteiger partial charge < -0.3 is 5.32 Å². The molecule has 4 rings (SSSR count). The molecule has 3 atom stereocenters. The van der Waals surface area contributed by atoms with Crippen molar-refractivity contribution in [1.82, 2.24) is 24.6 Å². The molecule has 0 bridgehead atoms. The highest BCUT2D eigenvalue weighted by atomic mass is 127. The molecule has 214 valence electrons. The van der Waals surface area contributed by atoms with Crippen molar-refractivity contribution in [3.63, 3.8) is 0 Å². The Kier molecular flexibility index (Phi) is 8.75. The third kappa shape index (κ3) is 6.25. The van der Waals surface area contributed by atoms with Gasteiger partial charge in [0.1, 0.15) is 11.9 Å². The first kappa shape index (κ1) is 30.2. The maximum absolute atomic E-state index is 13.7. The number of carbonyl (C=O) groups excluding carboxylic acids is 1. The second kappa shape index (κ2) is 11.6. The van der Waals surface area contributed by atoms with Crippen LogP contribution in [0.15, 0.2) is 53.8 Å². The fourth-order valence-corrected chi connectivity index (χ4v) is 6.61. The Morgan fingerprint density at radius 2 is 1.75 bits per heavy atom. The number of pyridine rings is 1. The molecule has 3 heterocycles. The fraction of sp³-hybridized carbons (Fsp3) is 0.360. The zero-order chi connectivity index (χ0) is 29.4. The first-order valence-electron chi connectivity index (χ1n) is 11.9. The smallest absolute Gasteiger partial charge is 0.351 e. The van der Waals surface area contributed by atoms with Crippen LogP contribution in [-0.4, -0.2) is 45.7 Å². The van der Waals surface area contributed by atoms with E-state index in [9.17, 15) is 35.2 Å². The van der Waals surface area contributed by atoms with Crippen LogP contribution >= 0.6 is 22.6 Å². The van der Waals surface area contributed by atoms with Crippen LogP contribution in [-0.2, 0) is 25.3 Å². The lowest BCUT2D eigenvalue weighted by Crippen LogP contribution is -2.48. The largest absolute Gasteiger partial charge is 0.354 e. The van der Waals surface area contributed by atoms with E-state index in [1.807, 2.05) is 0 Å². The lowest BCUT2D eigenvalue weighted by Gasteiger charge is -2.27. The van der Waals surface area contributed by atoms with Gasteiger partial charge in [0.05, 0.1) is 10.6 Å². The van der Waals surface area contributed by atoms with Gasteiger partial charge in [-0.25, -0.2) is 31.6 Å². The second-order valence-electron chi connectivity index (χ2n) is 9.34. The number of hydrogen-bond acceptors (Lipinski definition) is 6. The maximum atomic E-state index is 13.7. The van der Waals surface area contributed by atoms with Crippen molar-refractivity contribution in [3.8, 4) is 11.3 Å². The van der Waals surface area contributed by atoms with E-state index >= 15 is 0 Å². The van der Waals surface area contributed by atoms with Gasteiger partial charge >= 0.3 is 3.93 Å². The number of amides is 1. The van der Waals surface area contributed by atoms with Gasteiger partial charge in [-0.05, 0) is 55.2 Å². The summed E-state index contributed by atoms with van der Waals surface area (Å²) in [7, 11) is -4.19. The zero-order valence-electron chi connectivity index (χ0n) is 21.0. The number of halogens is 6. The molecule has 1 aromatic carbocycles. The SMILES string of the molecule is C[C@@H]1C[C@@H](C(=O)NCc2cc(-c3cnc(C(F)(F)I)nc3)ncc2C(F)F)N(S(=O)(=O)c2ccc(F)cc2)[C@H]1C. The molecule has 0 saturated carbocycles. The summed E-state index contributed by atoms with van der Waals surface area (Å²) in [5.41, 5.74) is -0.179. The van der Waals surface area contributed by atoms with Crippen LogP contribution in [0, 0.1) is 11.7 Å². The molecule has 40 heavy (non-hydrogen) atoms. The van der Waals surface area contributed by atoms with Crippen LogP contribution in [0.3, 0.4) is 0 Å². The average Bonchev–Trinajstić information content (AvgIpc) is 3.21. The highest BCUT2D eigenvalue weighted by Crippen LogP contribution is 2.36. The van der Waals surface area contributed by atoms with Gasteiger partial charge in [-0.15, -0.1) is 0 Å². The minimum Gasteiger partial charge on any atom is -0.351 e. The number of rotatable bonds is 8. The molecule has 3 aromatic rings. The summed E-state index contributed by atoms with van der Waals surface area (Å²) in [6, 6.07) is 3.80. The zero-order valence-corrected chi connectivity index (χ0v) is 24.0. The van der Waals surface area contributed by atoms with Gasteiger partial charge in [-0.3, -0.25) is 9.78 Å². The summed E-state index contributed by atoms with van der Waals surface area (Å²) < 4.78 is 92.2. The highest BCUT2D eigenvalue weighted by molar-refractivity contribution is 14.1. The maximum Gasteiger partial charge on any atom is 0.354 e. The first-order chi connectivity index (χ1) is 18.7. The topological polar surface area (TPSA) is 105 Å². The molecular formula is C25H23F5IN5O3S. The van der Waals surface area contributed by atoms with Crippen LogP contribution in [0.4, 0.5) is 22.0 Å². The van der Waals surface area contributed by atoms with Gasteiger partial charge in [0, 0.05) is 64.9 Å². The third-order valence-electron chi connectivity index (χ3n) is 6.73. The molecule has 1 N–H and O–H groups in total.